The minimum atomic E-state index is 0.254. The SMILES string of the molecule is CCOCOc1cc(C)ccc1N. The zero-order valence-electron chi connectivity index (χ0n) is 8.04. The minimum Gasteiger partial charge on any atom is -0.465 e. The highest BCUT2D eigenvalue weighted by atomic mass is 16.7. The van der Waals surface area contributed by atoms with Gasteiger partial charge in [-0.25, -0.2) is 0 Å². The molecule has 0 radical (unpaired) electrons. The Balaban J connectivity index is 2.59. The van der Waals surface area contributed by atoms with Gasteiger partial charge >= 0.3 is 0 Å². The van der Waals surface area contributed by atoms with Crippen LogP contribution >= 0.6 is 0 Å². The lowest BCUT2D eigenvalue weighted by Gasteiger charge is -2.08. The quantitative estimate of drug-likeness (QED) is 0.438. The molecule has 1 aromatic carbocycles. The smallest absolute Gasteiger partial charge is 0.189 e. The maximum absolute atomic E-state index is 5.69. The molecule has 0 amide bonds. The summed E-state index contributed by atoms with van der Waals surface area (Å²) in [7, 11) is 0. The first kappa shape index (κ1) is 9.86. The van der Waals surface area contributed by atoms with Gasteiger partial charge in [0.15, 0.2) is 6.79 Å². The van der Waals surface area contributed by atoms with Crippen LogP contribution in [0.15, 0.2) is 18.2 Å². The first-order chi connectivity index (χ1) is 6.24. The van der Waals surface area contributed by atoms with Crippen molar-refractivity contribution in [2.45, 2.75) is 13.8 Å². The van der Waals surface area contributed by atoms with Crippen LogP contribution in [0.3, 0.4) is 0 Å². The standard InChI is InChI=1S/C10H15NO2/c1-3-12-7-13-10-6-8(2)4-5-9(10)11/h4-6H,3,7,11H2,1-2H3. The molecular weight excluding hydrogens is 166 g/mol. The Morgan fingerprint density at radius 2 is 2.15 bits per heavy atom. The lowest BCUT2D eigenvalue weighted by molar-refractivity contribution is 0.0228. The number of nitrogen functional groups attached to an aromatic ring is 1. The number of rotatable bonds is 4. The van der Waals surface area contributed by atoms with Crippen LogP contribution in [0, 0.1) is 6.92 Å². The molecule has 0 aromatic heterocycles. The molecule has 13 heavy (non-hydrogen) atoms. The molecule has 0 aliphatic heterocycles. The van der Waals surface area contributed by atoms with Crippen molar-refractivity contribution in [2.24, 2.45) is 0 Å². The van der Waals surface area contributed by atoms with E-state index in [0.29, 0.717) is 18.0 Å². The fraction of sp³-hybridized carbons (Fsp3) is 0.400. The van der Waals surface area contributed by atoms with Gasteiger partial charge in [-0.3, -0.25) is 0 Å². The number of anilines is 1. The largest absolute Gasteiger partial charge is 0.465 e. The van der Waals surface area contributed by atoms with Crippen LogP contribution in [0.5, 0.6) is 5.75 Å². The summed E-state index contributed by atoms with van der Waals surface area (Å²) in [6.45, 7) is 4.81. The van der Waals surface area contributed by atoms with Crippen molar-refractivity contribution in [3.63, 3.8) is 0 Å². The number of hydrogen-bond donors (Lipinski definition) is 1. The molecule has 0 heterocycles. The van der Waals surface area contributed by atoms with Crippen molar-refractivity contribution in [3.8, 4) is 5.75 Å². The molecule has 0 bridgehead atoms. The average molecular weight is 181 g/mol. The van der Waals surface area contributed by atoms with Gasteiger partial charge in [0, 0.05) is 6.61 Å². The van der Waals surface area contributed by atoms with Crippen LogP contribution in [0.25, 0.3) is 0 Å². The van der Waals surface area contributed by atoms with Gasteiger partial charge in [0.2, 0.25) is 0 Å². The predicted octanol–water partition coefficient (Wildman–Crippen LogP) is 1.95. The first-order valence-corrected chi connectivity index (χ1v) is 4.30. The molecule has 0 unspecified atom stereocenters. The van der Waals surface area contributed by atoms with Crippen LogP contribution < -0.4 is 10.5 Å². The summed E-state index contributed by atoms with van der Waals surface area (Å²) < 4.78 is 10.4. The molecule has 72 valence electrons. The maximum atomic E-state index is 5.69. The van der Waals surface area contributed by atoms with Crippen molar-refractivity contribution in [2.75, 3.05) is 19.1 Å². The Labute approximate surface area is 78.5 Å². The fourth-order valence-electron chi connectivity index (χ4n) is 0.955. The van der Waals surface area contributed by atoms with Crippen LogP contribution in [-0.2, 0) is 4.74 Å². The molecule has 0 aliphatic carbocycles. The van der Waals surface area contributed by atoms with Gasteiger partial charge in [-0.1, -0.05) is 6.07 Å². The second kappa shape index (κ2) is 4.72. The highest BCUT2D eigenvalue weighted by molar-refractivity contribution is 5.53. The minimum absolute atomic E-state index is 0.254. The van der Waals surface area contributed by atoms with Gasteiger partial charge in [-0.05, 0) is 31.5 Å². The average Bonchev–Trinajstić information content (AvgIpc) is 2.11. The van der Waals surface area contributed by atoms with Gasteiger partial charge in [0.25, 0.3) is 0 Å². The third-order valence-electron chi connectivity index (χ3n) is 1.67. The summed E-state index contributed by atoms with van der Waals surface area (Å²) in [5, 5.41) is 0. The maximum Gasteiger partial charge on any atom is 0.189 e. The normalized spacial score (nSPS) is 10.0. The highest BCUT2D eigenvalue weighted by Crippen LogP contribution is 2.21. The molecule has 0 saturated heterocycles. The number of ether oxygens (including phenoxy) is 2. The van der Waals surface area contributed by atoms with Gasteiger partial charge < -0.3 is 15.2 Å². The molecule has 1 rings (SSSR count). The second-order valence-corrected chi connectivity index (χ2v) is 2.80. The Kier molecular flexibility index (Phi) is 3.58. The molecule has 0 saturated carbocycles. The van der Waals surface area contributed by atoms with Crippen molar-refractivity contribution >= 4 is 5.69 Å². The summed E-state index contributed by atoms with van der Waals surface area (Å²) in [5.41, 5.74) is 7.46. The molecular formula is C10H15NO2. The van der Waals surface area contributed by atoms with E-state index in [9.17, 15) is 0 Å². The second-order valence-electron chi connectivity index (χ2n) is 2.80. The molecule has 0 spiro atoms. The number of nitrogens with two attached hydrogens (primary N) is 1. The predicted molar refractivity (Wildman–Crippen MR) is 52.7 cm³/mol. The zero-order valence-corrected chi connectivity index (χ0v) is 8.04. The summed E-state index contributed by atoms with van der Waals surface area (Å²) >= 11 is 0. The van der Waals surface area contributed by atoms with E-state index in [1.165, 1.54) is 0 Å². The summed E-state index contributed by atoms with van der Waals surface area (Å²) in [5.74, 6) is 0.688. The Hall–Kier alpha value is -1.22. The third kappa shape index (κ3) is 2.95. The van der Waals surface area contributed by atoms with E-state index < -0.39 is 0 Å². The van der Waals surface area contributed by atoms with Crippen LogP contribution in [-0.4, -0.2) is 13.4 Å². The molecule has 2 N–H and O–H groups in total. The van der Waals surface area contributed by atoms with Gasteiger partial charge in [0.05, 0.1) is 5.69 Å². The van der Waals surface area contributed by atoms with Gasteiger partial charge in [-0.2, -0.15) is 0 Å². The van der Waals surface area contributed by atoms with Crippen molar-refractivity contribution in [3.05, 3.63) is 23.8 Å². The Bertz CT molecular complexity index is 274. The van der Waals surface area contributed by atoms with Gasteiger partial charge in [0.1, 0.15) is 5.75 Å². The molecule has 0 fully saturated rings. The van der Waals surface area contributed by atoms with E-state index in [0.717, 1.165) is 5.56 Å². The summed E-state index contributed by atoms with van der Waals surface area (Å²) in [6, 6.07) is 5.67. The number of hydrogen-bond acceptors (Lipinski definition) is 3. The van der Waals surface area contributed by atoms with E-state index in [2.05, 4.69) is 0 Å². The van der Waals surface area contributed by atoms with E-state index >= 15 is 0 Å². The van der Waals surface area contributed by atoms with E-state index in [1.807, 2.05) is 32.0 Å². The number of benzene rings is 1. The third-order valence-corrected chi connectivity index (χ3v) is 1.67. The highest BCUT2D eigenvalue weighted by Gasteiger charge is 1.99. The lowest BCUT2D eigenvalue weighted by Crippen LogP contribution is -2.04. The lowest BCUT2D eigenvalue weighted by atomic mass is 10.2. The Morgan fingerprint density at radius 1 is 1.38 bits per heavy atom. The molecule has 1 aromatic rings. The van der Waals surface area contributed by atoms with Crippen LogP contribution in [0.2, 0.25) is 0 Å². The number of aryl methyl sites for hydroxylation is 1. The monoisotopic (exact) mass is 181 g/mol. The van der Waals surface area contributed by atoms with Crippen molar-refractivity contribution in [1.82, 2.24) is 0 Å². The molecule has 0 atom stereocenters. The molecule has 0 aliphatic rings. The van der Waals surface area contributed by atoms with Crippen LogP contribution in [0.1, 0.15) is 12.5 Å². The van der Waals surface area contributed by atoms with E-state index in [4.69, 9.17) is 15.2 Å². The van der Waals surface area contributed by atoms with E-state index in [-0.39, 0.29) is 6.79 Å². The van der Waals surface area contributed by atoms with Gasteiger partial charge in [-0.15, -0.1) is 0 Å². The molecule has 3 heteroatoms. The van der Waals surface area contributed by atoms with Crippen molar-refractivity contribution < 1.29 is 9.47 Å². The Morgan fingerprint density at radius 3 is 2.85 bits per heavy atom. The first-order valence-electron chi connectivity index (χ1n) is 4.30. The van der Waals surface area contributed by atoms with Crippen LogP contribution in [0.4, 0.5) is 5.69 Å². The zero-order chi connectivity index (χ0) is 9.68. The van der Waals surface area contributed by atoms with Crippen molar-refractivity contribution in [1.29, 1.82) is 0 Å². The summed E-state index contributed by atoms with van der Waals surface area (Å²) in [6.07, 6.45) is 0. The molecule has 3 nitrogen and oxygen atoms in total. The topological polar surface area (TPSA) is 44.5 Å². The van der Waals surface area contributed by atoms with E-state index in [1.54, 1.807) is 0 Å². The summed E-state index contributed by atoms with van der Waals surface area (Å²) in [4.78, 5) is 0. The fourth-order valence-corrected chi connectivity index (χ4v) is 0.955.